The van der Waals surface area contributed by atoms with Crippen LogP contribution < -0.4 is 5.73 Å². The molecule has 3 heterocycles. The van der Waals surface area contributed by atoms with Gasteiger partial charge in [-0.3, -0.25) is 4.90 Å². The van der Waals surface area contributed by atoms with Crippen molar-refractivity contribution in [2.75, 3.05) is 32.7 Å². The fraction of sp³-hybridized carbons (Fsp3) is 1.00. The average Bonchev–Trinajstić information content (AvgIpc) is 3.06. The molecule has 0 bridgehead atoms. The van der Waals surface area contributed by atoms with Gasteiger partial charge in [0.15, 0.2) is 0 Å². The van der Waals surface area contributed by atoms with E-state index >= 15 is 0 Å². The standard InChI is InChI=1S/C16H31N3/c1-13(2)14-5-8-19(11-14)16(12-17)6-9-18-7-3-4-15(18)10-16/h13-15H,3-12,17H2,1-2H3. The lowest BCUT2D eigenvalue weighted by Gasteiger charge is -2.49. The van der Waals surface area contributed by atoms with Crippen LogP contribution >= 0.6 is 0 Å². The minimum Gasteiger partial charge on any atom is -0.329 e. The van der Waals surface area contributed by atoms with Gasteiger partial charge in [0.25, 0.3) is 0 Å². The number of piperidine rings is 1. The fourth-order valence-corrected chi connectivity index (χ4v) is 4.68. The molecular weight excluding hydrogens is 234 g/mol. The third kappa shape index (κ3) is 2.45. The maximum Gasteiger partial charge on any atom is 0.0358 e. The van der Waals surface area contributed by atoms with E-state index < -0.39 is 0 Å². The zero-order valence-electron chi connectivity index (χ0n) is 12.8. The summed E-state index contributed by atoms with van der Waals surface area (Å²) in [4.78, 5) is 5.48. The zero-order valence-corrected chi connectivity index (χ0v) is 12.8. The maximum absolute atomic E-state index is 6.26. The van der Waals surface area contributed by atoms with Crippen molar-refractivity contribution in [3.8, 4) is 0 Å². The Morgan fingerprint density at radius 2 is 2.05 bits per heavy atom. The van der Waals surface area contributed by atoms with Gasteiger partial charge in [-0.2, -0.15) is 0 Å². The minimum atomic E-state index is 0.329. The van der Waals surface area contributed by atoms with Crippen molar-refractivity contribution in [3.63, 3.8) is 0 Å². The first-order chi connectivity index (χ1) is 9.14. The molecule has 0 spiro atoms. The van der Waals surface area contributed by atoms with Gasteiger partial charge >= 0.3 is 0 Å². The molecule has 0 aromatic rings. The fourth-order valence-electron chi connectivity index (χ4n) is 4.68. The van der Waals surface area contributed by atoms with Crippen LogP contribution in [-0.4, -0.2) is 54.1 Å². The Bertz CT molecular complexity index is 317. The summed E-state index contributed by atoms with van der Waals surface area (Å²) >= 11 is 0. The van der Waals surface area contributed by atoms with Gasteiger partial charge in [0.1, 0.15) is 0 Å². The Morgan fingerprint density at radius 1 is 1.21 bits per heavy atom. The highest BCUT2D eigenvalue weighted by Crippen LogP contribution is 2.39. The summed E-state index contributed by atoms with van der Waals surface area (Å²) in [6, 6.07) is 0.829. The summed E-state index contributed by atoms with van der Waals surface area (Å²) in [7, 11) is 0. The molecule has 3 atom stereocenters. The van der Waals surface area contributed by atoms with Crippen molar-refractivity contribution in [1.29, 1.82) is 0 Å². The van der Waals surface area contributed by atoms with E-state index in [0.29, 0.717) is 5.54 Å². The molecule has 3 unspecified atom stereocenters. The summed E-state index contributed by atoms with van der Waals surface area (Å²) in [5.74, 6) is 1.72. The molecule has 0 aromatic carbocycles. The van der Waals surface area contributed by atoms with Crippen molar-refractivity contribution in [3.05, 3.63) is 0 Å². The Balaban J connectivity index is 1.70. The minimum absolute atomic E-state index is 0.329. The van der Waals surface area contributed by atoms with E-state index in [9.17, 15) is 0 Å². The maximum atomic E-state index is 6.26. The first kappa shape index (κ1) is 13.8. The van der Waals surface area contributed by atoms with E-state index in [4.69, 9.17) is 5.73 Å². The van der Waals surface area contributed by atoms with Crippen LogP contribution in [0.4, 0.5) is 0 Å². The van der Waals surface area contributed by atoms with E-state index in [1.165, 1.54) is 58.3 Å². The molecule has 19 heavy (non-hydrogen) atoms. The average molecular weight is 265 g/mol. The van der Waals surface area contributed by atoms with Crippen LogP contribution in [0.1, 0.15) is 46.0 Å². The van der Waals surface area contributed by atoms with E-state index in [0.717, 1.165) is 24.4 Å². The number of fused-ring (bicyclic) bond motifs is 1. The Hall–Kier alpha value is -0.120. The molecule has 2 N–H and O–H groups in total. The van der Waals surface area contributed by atoms with Gasteiger partial charge < -0.3 is 10.6 Å². The van der Waals surface area contributed by atoms with Gasteiger partial charge in [-0.15, -0.1) is 0 Å². The summed E-state index contributed by atoms with van der Waals surface area (Å²) in [5, 5.41) is 0. The van der Waals surface area contributed by atoms with Crippen molar-refractivity contribution in [2.45, 2.75) is 57.5 Å². The van der Waals surface area contributed by atoms with Crippen LogP contribution in [-0.2, 0) is 0 Å². The predicted molar refractivity (Wildman–Crippen MR) is 80.1 cm³/mol. The van der Waals surface area contributed by atoms with Crippen LogP contribution in [0.25, 0.3) is 0 Å². The van der Waals surface area contributed by atoms with Gasteiger partial charge in [0, 0.05) is 31.2 Å². The molecule has 0 aromatic heterocycles. The molecule has 3 saturated heterocycles. The van der Waals surface area contributed by atoms with Crippen LogP contribution in [0.5, 0.6) is 0 Å². The molecule has 0 saturated carbocycles. The van der Waals surface area contributed by atoms with Crippen LogP contribution in [0.2, 0.25) is 0 Å². The number of hydrogen-bond acceptors (Lipinski definition) is 3. The second kappa shape index (κ2) is 5.34. The summed E-state index contributed by atoms with van der Waals surface area (Å²) in [5.41, 5.74) is 6.59. The number of nitrogens with two attached hydrogens (primary N) is 1. The SMILES string of the molecule is CC(C)C1CCN(C2(CN)CCN3CCCC3C2)C1. The van der Waals surface area contributed by atoms with Crippen molar-refractivity contribution < 1.29 is 0 Å². The van der Waals surface area contributed by atoms with Gasteiger partial charge in [-0.05, 0) is 57.0 Å². The second-order valence-corrected chi connectivity index (χ2v) is 7.45. The quantitative estimate of drug-likeness (QED) is 0.846. The summed E-state index contributed by atoms with van der Waals surface area (Å²) < 4.78 is 0. The molecule has 3 nitrogen and oxygen atoms in total. The molecule has 0 radical (unpaired) electrons. The topological polar surface area (TPSA) is 32.5 Å². The van der Waals surface area contributed by atoms with E-state index in [1.807, 2.05) is 0 Å². The van der Waals surface area contributed by atoms with Gasteiger partial charge in [-0.25, -0.2) is 0 Å². The molecule has 3 aliphatic rings. The lowest BCUT2D eigenvalue weighted by atomic mass is 9.81. The lowest BCUT2D eigenvalue weighted by Crippen LogP contribution is -2.60. The monoisotopic (exact) mass is 265 g/mol. The third-order valence-corrected chi connectivity index (χ3v) is 6.20. The highest BCUT2D eigenvalue weighted by atomic mass is 15.3. The van der Waals surface area contributed by atoms with Crippen LogP contribution in [0.15, 0.2) is 0 Å². The van der Waals surface area contributed by atoms with E-state index in [-0.39, 0.29) is 0 Å². The second-order valence-electron chi connectivity index (χ2n) is 7.45. The molecule has 3 rings (SSSR count). The largest absolute Gasteiger partial charge is 0.329 e. The van der Waals surface area contributed by atoms with Crippen LogP contribution in [0.3, 0.4) is 0 Å². The normalized spacial score (nSPS) is 41.1. The lowest BCUT2D eigenvalue weighted by molar-refractivity contribution is 0.0218. The molecular formula is C16H31N3. The highest BCUT2D eigenvalue weighted by Gasteiger charge is 2.46. The van der Waals surface area contributed by atoms with Crippen molar-refractivity contribution in [2.24, 2.45) is 17.6 Å². The number of likely N-dealkylation sites (tertiary alicyclic amines) is 1. The van der Waals surface area contributed by atoms with Gasteiger partial charge in [-0.1, -0.05) is 13.8 Å². The molecule has 0 amide bonds. The third-order valence-electron chi connectivity index (χ3n) is 6.20. The Morgan fingerprint density at radius 3 is 2.74 bits per heavy atom. The van der Waals surface area contributed by atoms with Gasteiger partial charge in [0.05, 0.1) is 0 Å². The number of nitrogens with zero attached hydrogens (tertiary/aromatic N) is 2. The molecule has 3 aliphatic heterocycles. The zero-order chi connectivity index (χ0) is 13.5. The first-order valence-electron chi connectivity index (χ1n) is 8.34. The van der Waals surface area contributed by atoms with E-state index in [1.54, 1.807) is 0 Å². The van der Waals surface area contributed by atoms with E-state index in [2.05, 4.69) is 23.6 Å². The molecule has 0 aliphatic carbocycles. The van der Waals surface area contributed by atoms with Crippen LogP contribution in [0, 0.1) is 11.8 Å². The smallest absolute Gasteiger partial charge is 0.0358 e. The van der Waals surface area contributed by atoms with Crippen molar-refractivity contribution in [1.82, 2.24) is 9.80 Å². The molecule has 110 valence electrons. The summed E-state index contributed by atoms with van der Waals surface area (Å²) in [6.07, 6.45) is 6.82. The molecule has 3 fully saturated rings. The van der Waals surface area contributed by atoms with Crippen molar-refractivity contribution >= 4 is 0 Å². The Labute approximate surface area is 118 Å². The first-order valence-corrected chi connectivity index (χ1v) is 8.34. The predicted octanol–water partition coefficient (Wildman–Crippen LogP) is 1.92. The summed E-state index contributed by atoms with van der Waals surface area (Å²) in [6.45, 7) is 10.8. The Kier molecular flexibility index (Phi) is 3.89. The molecule has 3 heteroatoms. The number of rotatable bonds is 3. The van der Waals surface area contributed by atoms with Gasteiger partial charge in [0.2, 0.25) is 0 Å². The highest BCUT2D eigenvalue weighted by molar-refractivity contribution is 5.03. The number of hydrogen-bond donors (Lipinski definition) is 1.